The van der Waals surface area contributed by atoms with Crippen molar-refractivity contribution in [3.05, 3.63) is 77.5 Å². The number of aromatic nitrogens is 1. The van der Waals surface area contributed by atoms with Crippen LogP contribution in [0.15, 0.2) is 60.7 Å². The maximum absolute atomic E-state index is 11.1. The molecule has 0 atom stereocenters. The van der Waals surface area contributed by atoms with Gasteiger partial charge in [0.1, 0.15) is 31.9 Å². The summed E-state index contributed by atoms with van der Waals surface area (Å²) in [6, 6.07) is 18.7. The summed E-state index contributed by atoms with van der Waals surface area (Å²) in [5, 5.41) is 0. The zero-order valence-electron chi connectivity index (χ0n) is 20.6. The molecule has 8 nitrogen and oxygen atoms in total. The molecule has 0 aliphatic carbocycles. The van der Waals surface area contributed by atoms with E-state index in [-0.39, 0.29) is 25.7 Å². The summed E-state index contributed by atoms with van der Waals surface area (Å²) in [5.74, 6) is -0.0312. The second-order valence-corrected chi connectivity index (χ2v) is 8.24. The number of carbonyl (C=O) groups excluding carboxylic acids is 3. The van der Waals surface area contributed by atoms with Crippen molar-refractivity contribution in [3.8, 4) is 22.8 Å². The Labute approximate surface area is 210 Å². The highest BCUT2D eigenvalue weighted by atomic mass is 16.6. The number of rotatable bonds is 12. The molecule has 0 fully saturated rings. The van der Waals surface area contributed by atoms with Crippen LogP contribution in [0.3, 0.4) is 0 Å². The molecule has 1 aromatic heterocycles. The molecule has 0 aliphatic heterocycles. The van der Waals surface area contributed by atoms with Gasteiger partial charge in [0.25, 0.3) is 0 Å². The number of benzene rings is 2. The van der Waals surface area contributed by atoms with Crippen molar-refractivity contribution in [2.24, 2.45) is 5.92 Å². The summed E-state index contributed by atoms with van der Waals surface area (Å²) in [5.41, 5.74) is 4.32. The molecule has 2 aromatic carbocycles. The van der Waals surface area contributed by atoms with Crippen LogP contribution in [0.25, 0.3) is 11.1 Å². The fraction of sp³-hybridized carbons (Fsp3) is 0.286. The highest BCUT2D eigenvalue weighted by Crippen LogP contribution is 2.26. The van der Waals surface area contributed by atoms with E-state index in [9.17, 15) is 14.4 Å². The van der Waals surface area contributed by atoms with Gasteiger partial charge >= 0.3 is 11.9 Å². The first-order valence-corrected chi connectivity index (χ1v) is 11.5. The Kier molecular flexibility index (Phi) is 9.56. The average molecular weight is 492 g/mol. The zero-order chi connectivity index (χ0) is 25.9. The van der Waals surface area contributed by atoms with Crippen LogP contribution in [0, 0.1) is 12.8 Å². The van der Waals surface area contributed by atoms with E-state index in [1.807, 2.05) is 37.3 Å². The summed E-state index contributed by atoms with van der Waals surface area (Å²) in [7, 11) is 0. The van der Waals surface area contributed by atoms with Crippen LogP contribution in [0.2, 0.25) is 0 Å². The van der Waals surface area contributed by atoms with Gasteiger partial charge in [0.2, 0.25) is 5.88 Å². The smallest absolute Gasteiger partial charge is 0.302 e. The van der Waals surface area contributed by atoms with Gasteiger partial charge in [0, 0.05) is 36.7 Å². The van der Waals surface area contributed by atoms with E-state index in [2.05, 4.69) is 4.98 Å². The largest absolute Gasteiger partial charge is 0.489 e. The normalized spacial score (nSPS) is 10.6. The fourth-order valence-corrected chi connectivity index (χ4v) is 3.38. The van der Waals surface area contributed by atoms with Crippen LogP contribution in [-0.2, 0) is 25.7 Å². The van der Waals surface area contributed by atoms with Gasteiger partial charge in [-0.05, 0) is 54.4 Å². The lowest BCUT2D eigenvalue weighted by Crippen LogP contribution is -2.25. The fourth-order valence-electron chi connectivity index (χ4n) is 3.38. The van der Waals surface area contributed by atoms with Gasteiger partial charge < -0.3 is 18.9 Å². The molecule has 0 N–H and O–H groups in total. The van der Waals surface area contributed by atoms with Crippen molar-refractivity contribution in [3.63, 3.8) is 0 Å². The topological polar surface area (TPSA) is 101 Å². The van der Waals surface area contributed by atoms with Gasteiger partial charge in [-0.25, -0.2) is 4.98 Å². The molecular weight excluding hydrogens is 462 g/mol. The van der Waals surface area contributed by atoms with Crippen LogP contribution in [0.5, 0.6) is 11.6 Å². The highest BCUT2D eigenvalue weighted by Gasteiger charge is 2.15. The lowest BCUT2D eigenvalue weighted by atomic mass is 10.0. The van der Waals surface area contributed by atoms with Crippen LogP contribution >= 0.6 is 0 Å². The second-order valence-electron chi connectivity index (χ2n) is 8.24. The number of hydrogen-bond acceptors (Lipinski definition) is 8. The Hall–Kier alpha value is -4.20. The van der Waals surface area contributed by atoms with Gasteiger partial charge in [-0.3, -0.25) is 14.4 Å². The first-order valence-electron chi connectivity index (χ1n) is 11.5. The van der Waals surface area contributed by atoms with Gasteiger partial charge in [-0.1, -0.05) is 18.2 Å². The molecule has 0 unspecified atom stereocenters. The van der Waals surface area contributed by atoms with Crippen molar-refractivity contribution < 1.29 is 33.3 Å². The molecule has 8 heteroatoms. The molecule has 0 spiro atoms. The van der Waals surface area contributed by atoms with Crippen LogP contribution in [0.1, 0.15) is 35.5 Å². The van der Waals surface area contributed by atoms with Gasteiger partial charge in [0.05, 0.1) is 12.5 Å². The molecule has 0 radical (unpaired) electrons. The summed E-state index contributed by atoms with van der Waals surface area (Å²) >= 11 is 0. The molecular formula is C28H29NO7. The average Bonchev–Trinajstić information content (AvgIpc) is 2.87. The maximum atomic E-state index is 11.1. The van der Waals surface area contributed by atoms with E-state index in [1.165, 1.54) is 13.8 Å². The van der Waals surface area contributed by atoms with Crippen LogP contribution in [-0.4, -0.2) is 43.0 Å². The number of aryl methyl sites for hydroxylation is 1. The lowest BCUT2D eigenvalue weighted by Gasteiger charge is -2.17. The molecule has 1 heterocycles. The Morgan fingerprint density at radius 2 is 1.58 bits per heavy atom. The molecule has 188 valence electrons. The third kappa shape index (κ3) is 8.23. The molecule has 3 aromatic rings. The Morgan fingerprint density at radius 3 is 2.19 bits per heavy atom. The lowest BCUT2D eigenvalue weighted by molar-refractivity contribution is -0.146. The summed E-state index contributed by atoms with van der Waals surface area (Å²) in [6.45, 7) is 5.25. The standard InChI is InChI=1S/C28H29NO7/c1-19-27(11-12-28(29-19)36-18-24(16-33-20(2)31)17-34-21(3)32)25-6-4-5-23(13-25)15-35-26-9-7-22(14-30)8-10-26/h4-14,24H,15-18H2,1-3H3. The number of nitrogens with zero attached hydrogens (tertiary/aromatic N) is 1. The van der Waals surface area contributed by atoms with E-state index in [0.29, 0.717) is 23.8 Å². The Balaban J connectivity index is 1.63. The SMILES string of the molecule is CC(=O)OCC(COC(C)=O)COc1ccc(-c2cccc(COc3ccc(C=O)cc3)c2)c(C)n1. The molecule has 0 bridgehead atoms. The number of pyridine rings is 1. The van der Waals surface area contributed by atoms with Crippen molar-refractivity contribution in [2.75, 3.05) is 19.8 Å². The number of ether oxygens (including phenoxy) is 4. The van der Waals surface area contributed by atoms with E-state index in [4.69, 9.17) is 18.9 Å². The Morgan fingerprint density at radius 1 is 0.889 bits per heavy atom. The number of carbonyl (C=O) groups is 3. The molecule has 0 aliphatic rings. The first-order chi connectivity index (χ1) is 17.3. The number of hydrogen-bond donors (Lipinski definition) is 0. The van der Waals surface area contributed by atoms with E-state index < -0.39 is 11.9 Å². The van der Waals surface area contributed by atoms with E-state index in [0.717, 1.165) is 28.7 Å². The van der Waals surface area contributed by atoms with Crippen molar-refractivity contribution in [2.45, 2.75) is 27.4 Å². The van der Waals surface area contributed by atoms with Gasteiger partial charge in [-0.15, -0.1) is 0 Å². The monoisotopic (exact) mass is 491 g/mol. The van der Waals surface area contributed by atoms with Gasteiger partial charge in [-0.2, -0.15) is 0 Å². The van der Waals surface area contributed by atoms with Crippen molar-refractivity contribution in [1.29, 1.82) is 0 Å². The minimum atomic E-state index is -0.412. The molecule has 0 saturated carbocycles. The van der Waals surface area contributed by atoms with Crippen LogP contribution in [0.4, 0.5) is 0 Å². The molecule has 36 heavy (non-hydrogen) atoms. The van der Waals surface area contributed by atoms with Crippen molar-refractivity contribution in [1.82, 2.24) is 4.98 Å². The van der Waals surface area contributed by atoms with Crippen LogP contribution < -0.4 is 9.47 Å². The van der Waals surface area contributed by atoms with E-state index in [1.54, 1.807) is 30.3 Å². The summed E-state index contributed by atoms with van der Waals surface area (Å²) in [6.07, 6.45) is 0.796. The minimum Gasteiger partial charge on any atom is -0.489 e. The maximum Gasteiger partial charge on any atom is 0.302 e. The molecule has 0 amide bonds. The van der Waals surface area contributed by atoms with Gasteiger partial charge in [0.15, 0.2) is 0 Å². The first kappa shape index (κ1) is 26.4. The molecule has 3 rings (SSSR count). The van der Waals surface area contributed by atoms with Crippen molar-refractivity contribution >= 4 is 18.2 Å². The van der Waals surface area contributed by atoms with E-state index >= 15 is 0 Å². The predicted molar refractivity (Wildman–Crippen MR) is 133 cm³/mol. The second kappa shape index (κ2) is 13.0. The zero-order valence-corrected chi connectivity index (χ0v) is 20.6. The summed E-state index contributed by atoms with van der Waals surface area (Å²) < 4.78 is 21.7. The third-order valence-corrected chi connectivity index (χ3v) is 5.23. The quantitative estimate of drug-likeness (QED) is 0.268. The molecule has 0 saturated heterocycles. The minimum absolute atomic E-state index is 0.0791. The highest BCUT2D eigenvalue weighted by molar-refractivity contribution is 5.74. The predicted octanol–water partition coefficient (Wildman–Crippen LogP) is 4.57. The summed E-state index contributed by atoms with van der Waals surface area (Å²) in [4.78, 5) is 37.6. The Bertz CT molecular complexity index is 1170. The number of esters is 2. The third-order valence-electron chi connectivity index (χ3n) is 5.23. The number of aldehydes is 1.